The molecule has 1 heterocycles. The minimum absolute atomic E-state index is 0.191. The Labute approximate surface area is 172 Å². The Bertz CT molecular complexity index is 869. The molecule has 0 aliphatic carbocycles. The van der Waals surface area contributed by atoms with E-state index in [1.807, 2.05) is 30.3 Å². The molecule has 1 aliphatic heterocycles. The lowest BCUT2D eigenvalue weighted by molar-refractivity contribution is -0.880. The summed E-state index contributed by atoms with van der Waals surface area (Å²) < 4.78 is 4.85. The standard InChI is InChI=1S/C23H29N3O3/c1-16(2)17-5-7-18(8-6-17)22(27)24-20-15-19(23(28)29-4)9-10-21(20)26-13-11-25(3)12-14-26/h5-10,15-16H,11-14H2,1-4H3,(H,24,27)/p+1. The molecule has 0 bridgehead atoms. The Morgan fingerprint density at radius 3 is 2.24 bits per heavy atom. The van der Waals surface area contributed by atoms with Crippen LogP contribution >= 0.6 is 0 Å². The number of hydrogen-bond acceptors (Lipinski definition) is 4. The van der Waals surface area contributed by atoms with Gasteiger partial charge in [-0.2, -0.15) is 0 Å². The fourth-order valence-electron chi connectivity index (χ4n) is 3.50. The summed E-state index contributed by atoms with van der Waals surface area (Å²) in [6, 6.07) is 13.0. The van der Waals surface area contributed by atoms with Gasteiger partial charge < -0.3 is 19.9 Å². The van der Waals surface area contributed by atoms with Crippen molar-refractivity contribution >= 4 is 23.3 Å². The first-order chi connectivity index (χ1) is 13.9. The molecule has 3 rings (SSSR count). The van der Waals surface area contributed by atoms with Gasteiger partial charge in [0.15, 0.2) is 0 Å². The molecule has 0 spiro atoms. The maximum absolute atomic E-state index is 12.9. The van der Waals surface area contributed by atoms with Crippen LogP contribution in [0.2, 0.25) is 0 Å². The molecule has 0 aromatic heterocycles. The van der Waals surface area contributed by atoms with E-state index < -0.39 is 5.97 Å². The molecule has 0 unspecified atom stereocenters. The zero-order valence-electron chi connectivity index (χ0n) is 17.6. The molecule has 0 radical (unpaired) electrons. The van der Waals surface area contributed by atoms with E-state index in [0.29, 0.717) is 22.7 Å². The number of nitrogens with one attached hydrogen (secondary N) is 2. The summed E-state index contributed by atoms with van der Waals surface area (Å²) in [6.07, 6.45) is 0. The molecule has 6 nitrogen and oxygen atoms in total. The van der Waals surface area contributed by atoms with Crippen molar-refractivity contribution < 1.29 is 19.2 Å². The Hall–Kier alpha value is -2.86. The van der Waals surface area contributed by atoms with Crippen molar-refractivity contribution in [2.24, 2.45) is 0 Å². The molecule has 1 fully saturated rings. The highest BCUT2D eigenvalue weighted by Gasteiger charge is 2.22. The SMILES string of the molecule is COC(=O)c1ccc(N2CC[NH+](C)CC2)c(NC(=O)c2ccc(C(C)C)cc2)c1. The zero-order valence-corrected chi connectivity index (χ0v) is 17.6. The van der Waals surface area contributed by atoms with Gasteiger partial charge in [-0.15, -0.1) is 0 Å². The number of rotatable bonds is 5. The predicted molar refractivity (Wildman–Crippen MR) is 115 cm³/mol. The van der Waals surface area contributed by atoms with E-state index in [1.54, 1.807) is 12.1 Å². The number of likely N-dealkylation sites (N-methyl/N-ethyl adjacent to an activating group) is 1. The van der Waals surface area contributed by atoms with Crippen LogP contribution in [0.25, 0.3) is 0 Å². The highest BCUT2D eigenvalue weighted by molar-refractivity contribution is 6.06. The van der Waals surface area contributed by atoms with Crippen LogP contribution in [-0.4, -0.2) is 52.2 Å². The van der Waals surface area contributed by atoms with Gasteiger partial charge in [0.2, 0.25) is 0 Å². The van der Waals surface area contributed by atoms with Gasteiger partial charge in [0.25, 0.3) is 5.91 Å². The fraction of sp³-hybridized carbons (Fsp3) is 0.391. The van der Waals surface area contributed by atoms with Crippen molar-refractivity contribution in [3.63, 3.8) is 0 Å². The third-order valence-electron chi connectivity index (χ3n) is 5.46. The van der Waals surface area contributed by atoms with Gasteiger partial charge in [-0.25, -0.2) is 4.79 Å². The lowest BCUT2D eigenvalue weighted by Gasteiger charge is -2.33. The van der Waals surface area contributed by atoms with Crippen LogP contribution in [0.4, 0.5) is 11.4 Å². The molecule has 2 N–H and O–H groups in total. The van der Waals surface area contributed by atoms with Crippen molar-refractivity contribution in [2.45, 2.75) is 19.8 Å². The molecule has 0 atom stereocenters. The van der Waals surface area contributed by atoms with Gasteiger partial charge in [-0.1, -0.05) is 26.0 Å². The molecule has 6 heteroatoms. The van der Waals surface area contributed by atoms with Gasteiger partial charge in [0.05, 0.1) is 57.3 Å². The second-order valence-corrected chi connectivity index (χ2v) is 7.90. The predicted octanol–water partition coefficient (Wildman–Crippen LogP) is 2.18. The number of quaternary nitrogens is 1. The molecule has 2 aromatic carbocycles. The van der Waals surface area contributed by atoms with Crippen molar-refractivity contribution in [2.75, 3.05) is 50.6 Å². The van der Waals surface area contributed by atoms with E-state index in [0.717, 1.165) is 31.9 Å². The van der Waals surface area contributed by atoms with Crippen LogP contribution in [0, 0.1) is 0 Å². The Balaban J connectivity index is 1.88. The number of nitrogens with zero attached hydrogens (tertiary/aromatic N) is 1. The first-order valence-corrected chi connectivity index (χ1v) is 10.1. The quantitative estimate of drug-likeness (QED) is 0.761. The molecule has 0 saturated carbocycles. The maximum Gasteiger partial charge on any atom is 0.337 e. The monoisotopic (exact) mass is 396 g/mol. The Morgan fingerprint density at radius 1 is 1.03 bits per heavy atom. The summed E-state index contributed by atoms with van der Waals surface area (Å²) in [7, 11) is 3.54. The molecule has 1 amide bonds. The average Bonchev–Trinajstić information content (AvgIpc) is 2.74. The number of ether oxygens (including phenoxy) is 1. The van der Waals surface area contributed by atoms with E-state index in [1.165, 1.54) is 17.6 Å². The van der Waals surface area contributed by atoms with Gasteiger partial charge in [0, 0.05) is 5.56 Å². The van der Waals surface area contributed by atoms with E-state index in [4.69, 9.17) is 4.74 Å². The average molecular weight is 397 g/mol. The van der Waals surface area contributed by atoms with Crippen LogP contribution in [0.15, 0.2) is 42.5 Å². The third kappa shape index (κ3) is 4.95. The van der Waals surface area contributed by atoms with Crippen LogP contribution in [0.1, 0.15) is 46.0 Å². The molecule has 2 aromatic rings. The summed E-state index contributed by atoms with van der Waals surface area (Å²) in [5.74, 6) is -0.200. The number of amides is 1. The maximum atomic E-state index is 12.9. The summed E-state index contributed by atoms with van der Waals surface area (Å²) in [5, 5.41) is 3.01. The topological polar surface area (TPSA) is 63.1 Å². The van der Waals surface area contributed by atoms with Crippen molar-refractivity contribution in [3.05, 3.63) is 59.2 Å². The summed E-state index contributed by atoms with van der Waals surface area (Å²) in [5.41, 5.74) is 3.76. The largest absolute Gasteiger partial charge is 0.465 e. The number of carbonyl (C=O) groups excluding carboxylic acids is 2. The number of hydrogen-bond donors (Lipinski definition) is 2. The molecule has 1 saturated heterocycles. The fourth-order valence-corrected chi connectivity index (χ4v) is 3.50. The highest BCUT2D eigenvalue weighted by atomic mass is 16.5. The normalized spacial score (nSPS) is 14.7. The number of carbonyl (C=O) groups is 2. The van der Waals surface area contributed by atoms with Gasteiger partial charge >= 0.3 is 5.97 Å². The van der Waals surface area contributed by atoms with Crippen LogP contribution < -0.4 is 15.1 Å². The molecule has 154 valence electrons. The van der Waals surface area contributed by atoms with Gasteiger partial charge in [-0.05, 0) is 41.8 Å². The molecule has 1 aliphatic rings. The van der Waals surface area contributed by atoms with Crippen molar-refractivity contribution in [1.82, 2.24) is 0 Å². The summed E-state index contributed by atoms with van der Waals surface area (Å²) >= 11 is 0. The molecular weight excluding hydrogens is 366 g/mol. The molecular formula is C23H30N3O3+. The second-order valence-electron chi connectivity index (χ2n) is 7.90. The lowest BCUT2D eigenvalue weighted by Crippen LogP contribution is -3.12. The number of benzene rings is 2. The summed E-state index contributed by atoms with van der Waals surface area (Å²) in [4.78, 5) is 28.6. The molecule has 29 heavy (non-hydrogen) atoms. The lowest BCUT2D eigenvalue weighted by atomic mass is 10.0. The van der Waals surface area contributed by atoms with Gasteiger partial charge in [0.1, 0.15) is 0 Å². The van der Waals surface area contributed by atoms with E-state index in [9.17, 15) is 9.59 Å². The van der Waals surface area contributed by atoms with Crippen molar-refractivity contribution in [3.8, 4) is 0 Å². The highest BCUT2D eigenvalue weighted by Crippen LogP contribution is 2.28. The van der Waals surface area contributed by atoms with E-state index >= 15 is 0 Å². The first kappa shape index (κ1) is 20.9. The minimum atomic E-state index is -0.420. The minimum Gasteiger partial charge on any atom is -0.465 e. The second kappa shape index (κ2) is 9.09. The third-order valence-corrected chi connectivity index (χ3v) is 5.46. The number of esters is 1. The Morgan fingerprint density at radius 2 is 1.66 bits per heavy atom. The van der Waals surface area contributed by atoms with Crippen LogP contribution in [-0.2, 0) is 4.74 Å². The van der Waals surface area contributed by atoms with Crippen LogP contribution in [0.5, 0.6) is 0 Å². The number of piperazine rings is 1. The van der Waals surface area contributed by atoms with E-state index in [2.05, 4.69) is 31.1 Å². The van der Waals surface area contributed by atoms with Gasteiger partial charge in [-0.3, -0.25) is 4.79 Å². The van der Waals surface area contributed by atoms with E-state index in [-0.39, 0.29) is 5.91 Å². The summed E-state index contributed by atoms with van der Waals surface area (Å²) in [6.45, 7) is 8.10. The smallest absolute Gasteiger partial charge is 0.337 e. The number of anilines is 2. The number of methoxy groups -OCH3 is 1. The first-order valence-electron chi connectivity index (χ1n) is 10.1. The Kier molecular flexibility index (Phi) is 6.54. The zero-order chi connectivity index (χ0) is 21.0. The van der Waals surface area contributed by atoms with Crippen LogP contribution in [0.3, 0.4) is 0 Å². The van der Waals surface area contributed by atoms with Crippen molar-refractivity contribution in [1.29, 1.82) is 0 Å².